The van der Waals surface area contributed by atoms with E-state index in [2.05, 4.69) is 4.18 Å². The van der Waals surface area contributed by atoms with Crippen molar-refractivity contribution in [2.75, 3.05) is 6.61 Å². The van der Waals surface area contributed by atoms with Crippen LogP contribution in [0, 0.1) is 13.8 Å². The van der Waals surface area contributed by atoms with Gasteiger partial charge in [-0.25, -0.2) is 0 Å². The van der Waals surface area contributed by atoms with Crippen molar-refractivity contribution >= 4 is 20.2 Å². The van der Waals surface area contributed by atoms with E-state index in [0.717, 1.165) is 11.6 Å². The highest BCUT2D eigenvalue weighted by Gasteiger charge is 2.46. The molecule has 0 heterocycles. The molecule has 0 fully saturated rings. The van der Waals surface area contributed by atoms with Crippen molar-refractivity contribution in [3.05, 3.63) is 29.3 Å². The van der Waals surface area contributed by atoms with Crippen LogP contribution in [0.4, 0.5) is 8.78 Å². The van der Waals surface area contributed by atoms with Crippen LogP contribution in [0.2, 0.25) is 0 Å². The quantitative estimate of drug-likeness (QED) is 0.649. The Morgan fingerprint density at radius 2 is 1.75 bits per heavy atom. The first kappa shape index (κ1) is 17.0. The molecule has 0 saturated carbocycles. The number of hydrogen-bond donors (Lipinski definition) is 1. The molecule has 0 aliphatic carbocycles. The van der Waals surface area contributed by atoms with E-state index in [1.165, 1.54) is 19.1 Å². The Bertz CT molecular complexity index is 709. The first-order valence-electron chi connectivity index (χ1n) is 5.18. The number of alkyl halides is 2. The molecular formula is C10H12F2O6S2. The van der Waals surface area contributed by atoms with Crippen molar-refractivity contribution in [3.8, 4) is 0 Å². The molecular weight excluding hydrogens is 318 g/mol. The first-order valence-corrected chi connectivity index (χ1v) is 8.03. The van der Waals surface area contributed by atoms with Gasteiger partial charge in [-0.1, -0.05) is 17.7 Å². The van der Waals surface area contributed by atoms with Gasteiger partial charge in [0.25, 0.3) is 10.1 Å². The molecule has 1 aromatic carbocycles. The van der Waals surface area contributed by atoms with Gasteiger partial charge in [-0.2, -0.15) is 25.6 Å². The maximum atomic E-state index is 12.9. The Morgan fingerprint density at radius 1 is 1.20 bits per heavy atom. The molecule has 0 saturated heterocycles. The van der Waals surface area contributed by atoms with Crippen LogP contribution in [0.5, 0.6) is 0 Å². The van der Waals surface area contributed by atoms with Crippen LogP contribution in [-0.2, 0) is 24.4 Å². The van der Waals surface area contributed by atoms with Gasteiger partial charge in [0.05, 0.1) is 4.90 Å². The lowest BCUT2D eigenvalue weighted by Gasteiger charge is -2.14. The minimum atomic E-state index is -5.75. The number of rotatable bonds is 5. The van der Waals surface area contributed by atoms with Gasteiger partial charge in [0.15, 0.2) is 0 Å². The minimum Gasteiger partial charge on any atom is -0.281 e. The molecule has 1 rings (SSSR count). The summed E-state index contributed by atoms with van der Waals surface area (Å²) < 4.78 is 82.2. The molecule has 10 heteroatoms. The van der Waals surface area contributed by atoms with Gasteiger partial charge in [-0.05, 0) is 25.5 Å². The summed E-state index contributed by atoms with van der Waals surface area (Å²) in [6.45, 7) is 1.14. The predicted octanol–water partition coefficient (Wildman–Crippen LogP) is 1.49. The summed E-state index contributed by atoms with van der Waals surface area (Å²) in [4.78, 5) is -0.353. The number of hydrogen-bond acceptors (Lipinski definition) is 5. The van der Waals surface area contributed by atoms with Crippen LogP contribution < -0.4 is 0 Å². The fourth-order valence-corrected chi connectivity index (χ4v) is 2.76. The summed E-state index contributed by atoms with van der Waals surface area (Å²) in [5.74, 6) is 0. The third-order valence-electron chi connectivity index (χ3n) is 2.36. The average Bonchev–Trinajstić information content (AvgIpc) is 2.24. The van der Waals surface area contributed by atoms with E-state index in [9.17, 15) is 25.6 Å². The average molecular weight is 330 g/mol. The lowest BCUT2D eigenvalue weighted by atomic mass is 10.2. The predicted molar refractivity (Wildman–Crippen MR) is 65.5 cm³/mol. The Hall–Kier alpha value is -1.10. The van der Waals surface area contributed by atoms with Gasteiger partial charge in [0, 0.05) is 0 Å². The minimum absolute atomic E-state index is 0.264. The zero-order chi connectivity index (χ0) is 15.8. The summed E-state index contributed by atoms with van der Waals surface area (Å²) in [6, 6.07) is 4.09. The molecule has 1 N–H and O–H groups in total. The summed E-state index contributed by atoms with van der Waals surface area (Å²) in [5.41, 5.74) is 1.02. The van der Waals surface area contributed by atoms with E-state index in [-0.39, 0.29) is 10.5 Å². The van der Waals surface area contributed by atoms with Crippen molar-refractivity contribution in [2.45, 2.75) is 24.0 Å². The molecule has 0 aromatic heterocycles. The lowest BCUT2D eigenvalue weighted by Crippen LogP contribution is -2.34. The Kier molecular flexibility index (Phi) is 4.54. The Labute approximate surface area is 115 Å². The van der Waals surface area contributed by atoms with E-state index in [1.54, 1.807) is 6.92 Å². The number of aryl methyl sites for hydroxylation is 2. The maximum Gasteiger partial charge on any atom is 0.393 e. The fraction of sp³-hybridized carbons (Fsp3) is 0.400. The van der Waals surface area contributed by atoms with Gasteiger partial charge in [-0.3, -0.25) is 8.74 Å². The summed E-state index contributed by atoms with van der Waals surface area (Å²) in [7, 11) is -10.3. The second-order valence-corrected chi connectivity index (χ2v) is 7.23. The normalized spacial score (nSPS) is 13.4. The second-order valence-electron chi connectivity index (χ2n) is 4.10. The standard InChI is InChI=1S/C10H12F2O6S2/c1-7-3-4-9(8(2)5-7)19(13,14)18-6-10(11,12)20(15,16)17/h3-5H,6H2,1-2H3,(H,15,16,17). The third kappa shape index (κ3) is 3.72. The molecule has 6 nitrogen and oxygen atoms in total. The van der Waals surface area contributed by atoms with E-state index in [1.807, 2.05) is 0 Å². The molecule has 20 heavy (non-hydrogen) atoms. The highest BCUT2D eigenvalue weighted by Crippen LogP contribution is 2.24. The number of benzene rings is 1. The third-order valence-corrected chi connectivity index (χ3v) is 4.66. The van der Waals surface area contributed by atoms with Crippen molar-refractivity contribution in [3.63, 3.8) is 0 Å². The highest BCUT2D eigenvalue weighted by atomic mass is 32.2. The van der Waals surface area contributed by atoms with Gasteiger partial charge >= 0.3 is 15.4 Å². The molecule has 1 aromatic rings. The smallest absolute Gasteiger partial charge is 0.281 e. The first-order chi connectivity index (χ1) is 8.87. The van der Waals surface area contributed by atoms with Crippen LogP contribution >= 0.6 is 0 Å². The van der Waals surface area contributed by atoms with Gasteiger partial charge in [-0.15, -0.1) is 0 Å². The van der Waals surface area contributed by atoms with Crippen LogP contribution in [0.3, 0.4) is 0 Å². The van der Waals surface area contributed by atoms with Crippen LogP contribution in [-0.4, -0.2) is 33.2 Å². The molecule has 0 unspecified atom stereocenters. The monoisotopic (exact) mass is 330 g/mol. The highest BCUT2D eigenvalue weighted by molar-refractivity contribution is 7.87. The molecule has 0 aliphatic heterocycles. The molecule has 0 aliphatic rings. The molecule has 0 spiro atoms. The van der Waals surface area contributed by atoms with Gasteiger partial charge in [0.1, 0.15) is 6.61 Å². The molecule has 0 amide bonds. The molecule has 0 atom stereocenters. The fourth-order valence-electron chi connectivity index (χ4n) is 1.36. The Balaban J connectivity index is 3.03. The zero-order valence-corrected chi connectivity index (χ0v) is 12.1. The topological polar surface area (TPSA) is 97.7 Å². The van der Waals surface area contributed by atoms with Gasteiger partial charge in [0.2, 0.25) is 0 Å². The zero-order valence-electron chi connectivity index (χ0n) is 10.5. The van der Waals surface area contributed by atoms with Crippen molar-refractivity contribution in [1.29, 1.82) is 0 Å². The maximum absolute atomic E-state index is 12.9. The Morgan fingerprint density at radius 3 is 2.20 bits per heavy atom. The lowest BCUT2D eigenvalue weighted by molar-refractivity contribution is 0.0312. The SMILES string of the molecule is Cc1ccc(S(=O)(=O)OCC(F)(F)S(=O)(=O)O)c(C)c1. The van der Waals surface area contributed by atoms with E-state index < -0.39 is 32.1 Å². The molecule has 114 valence electrons. The summed E-state index contributed by atoms with van der Waals surface area (Å²) >= 11 is 0. The van der Waals surface area contributed by atoms with Crippen LogP contribution in [0.15, 0.2) is 23.1 Å². The molecule has 0 bridgehead atoms. The van der Waals surface area contributed by atoms with Crippen molar-refractivity contribution in [2.24, 2.45) is 0 Å². The number of halogens is 2. The summed E-state index contributed by atoms with van der Waals surface area (Å²) in [6.07, 6.45) is 0. The van der Waals surface area contributed by atoms with Gasteiger partial charge < -0.3 is 0 Å². The van der Waals surface area contributed by atoms with E-state index >= 15 is 0 Å². The van der Waals surface area contributed by atoms with Crippen molar-refractivity contribution < 1.29 is 34.4 Å². The van der Waals surface area contributed by atoms with E-state index in [4.69, 9.17) is 4.55 Å². The summed E-state index contributed by atoms with van der Waals surface area (Å²) in [5, 5.41) is -4.71. The van der Waals surface area contributed by atoms with E-state index in [0.29, 0.717) is 0 Å². The van der Waals surface area contributed by atoms with Crippen LogP contribution in [0.25, 0.3) is 0 Å². The largest absolute Gasteiger partial charge is 0.393 e. The van der Waals surface area contributed by atoms with Crippen molar-refractivity contribution in [1.82, 2.24) is 0 Å². The van der Waals surface area contributed by atoms with Crippen LogP contribution in [0.1, 0.15) is 11.1 Å². The second kappa shape index (κ2) is 5.35. The molecule has 0 radical (unpaired) electrons.